The first-order valence-corrected chi connectivity index (χ1v) is 10.7. The third-order valence-corrected chi connectivity index (χ3v) is 5.97. The summed E-state index contributed by atoms with van der Waals surface area (Å²) < 4.78 is 11.1. The SMILES string of the molecule is O=C1NC(=O)C(Cc2ccc(Oc3ccc(CC(=O)N4CCOCC4)cc3)cc2)S1. The number of thioether (sulfide) groups is 1. The number of hydrogen-bond donors (Lipinski definition) is 1. The number of amides is 3. The summed E-state index contributed by atoms with van der Waals surface area (Å²) in [4.78, 5) is 37.1. The minimum Gasteiger partial charge on any atom is -0.457 e. The molecule has 0 spiro atoms. The lowest BCUT2D eigenvalue weighted by molar-refractivity contribution is -0.134. The lowest BCUT2D eigenvalue weighted by Gasteiger charge is -2.26. The summed E-state index contributed by atoms with van der Waals surface area (Å²) in [5.74, 6) is 1.23. The molecule has 1 unspecified atom stereocenters. The van der Waals surface area contributed by atoms with E-state index in [1.54, 1.807) is 0 Å². The summed E-state index contributed by atoms with van der Waals surface area (Å²) in [5.41, 5.74) is 1.90. The van der Waals surface area contributed by atoms with Gasteiger partial charge in [-0.1, -0.05) is 36.0 Å². The van der Waals surface area contributed by atoms with Crippen LogP contribution in [0.4, 0.5) is 4.79 Å². The first-order valence-electron chi connectivity index (χ1n) is 9.79. The molecule has 2 aromatic carbocycles. The van der Waals surface area contributed by atoms with E-state index >= 15 is 0 Å². The molecule has 2 saturated heterocycles. The van der Waals surface area contributed by atoms with Crippen LogP contribution in [0.2, 0.25) is 0 Å². The number of nitrogens with one attached hydrogen (secondary N) is 1. The Morgan fingerprint density at radius 1 is 1.00 bits per heavy atom. The molecule has 156 valence electrons. The standard InChI is InChI=1S/C22H22N2O5S/c25-20(24-9-11-28-12-10-24)14-16-3-7-18(8-4-16)29-17-5-1-15(2-6-17)13-19-21(26)23-22(27)30-19/h1-8,19H,9-14H2,(H,23,26,27). The normalized spacial score (nSPS) is 18.9. The zero-order valence-electron chi connectivity index (χ0n) is 16.3. The average molecular weight is 426 g/mol. The fourth-order valence-electron chi connectivity index (χ4n) is 3.35. The number of morpholine rings is 1. The van der Waals surface area contributed by atoms with Gasteiger partial charge >= 0.3 is 0 Å². The van der Waals surface area contributed by atoms with Crippen molar-refractivity contribution in [2.75, 3.05) is 26.3 Å². The molecule has 4 rings (SSSR count). The van der Waals surface area contributed by atoms with Gasteiger partial charge in [0, 0.05) is 13.1 Å². The summed E-state index contributed by atoms with van der Waals surface area (Å²) in [6.07, 6.45) is 0.860. The van der Waals surface area contributed by atoms with Gasteiger partial charge in [0.2, 0.25) is 11.8 Å². The number of imide groups is 1. The molecule has 7 nitrogen and oxygen atoms in total. The van der Waals surface area contributed by atoms with Gasteiger partial charge in [0.25, 0.3) is 5.24 Å². The maximum Gasteiger partial charge on any atom is 0.286 e. The Morgan fingerprint density at radius 3 is 2.17 bits per heavy atom. The number of nitrogens with zero attached hydrogens (tertiary/aromatic N) is 1. The van der Waals surface area contributed by atoms with Crippen LogP contribution in [0.5, 0.6) is 11.5 Å². The molecule has 0 saturated carbocycles. The number of ether oxygens (including phenoxy) is 2. The van der Waals surface area contributed by atoms with Crippen LogP contribution in [0, 0.1) is 0 Å². The van der Waals surface area contributed by atoms with Crippen molar-refractivity contribution in [3.8, 4) is 11.5 Å². The highest BCUT2D eigenvalue weighted by Gasteiger charge is 2.31. The van der Waals surface area contributed by atoms with E-state index in [9.17, 15) is 14.4 Å². The minimum absolute atomic E-state index is 0.110. The maximum atomic E-state index is 12.3. The molecule has 2 aliphatic heterocycles. The van der Waals surface area contributed by atoms with Crippen LogP contribution in [0.1, 0.15) is 11.1 Å². The predicted octanol–water partition coefficient (Wildman–Crippen LogP) is 2.77. The van der Waals surface area contributed by atoms with E-state index in [0.717, 1.165) is 22.9 Å². The molecule has 1 N–H and O–H groups in total. The summed E-state index contributed by atoms with van der Waals surface area (Å²) in [5, 5.41) is 1.63. The largest absolute Gasteiger partial charge is 0.457 e. The van der Waals surface area contributed by atoms with Crippen LogP contribution in [0.15, 0.2) is 48.5 Å². The monoisotopic (exact) mass is 426 g/mol. The molecule has 1 atom stereocenters. The molecule has 0 aliphatic carbocycles. The second-order valence-electron chi connectivity index (χ2n) is 7.15. The van der Waals surface area contributed by atoms with E-state index in [0.29, 0.717) is 50.6 Å². The Kier molecular flexibility index (Phi) is 6.35. The van der Waals surface area contributed by atoms with Crippen molar-refractivity contribution in [3.05, 3.63) is 59.7 Å². The van der Waals surface area contributed by atoms with Gasteiger partial charge in [-0.25, -0.2) is 0 Å². The molecule has 8 heteroatoms. The molecule has 30 heavy (non-hydrogen) atoms. The summed E-state index contributed by atoms with van der Waals surface area (Å²) >= 11 is 1.03. The Bertz CT molecular complexity index is 924. The zero-order valence-corrected chi connectivity index (χ0v) is 17.2. The summed E-state index contributed by atoms with van der Waals surface area (Å²) in [6, 6.07) is 14.9. The topological polar surface area (TPSA) is 84.9 Å². The van der Waals surface area contributed by atoms with E-state index in [-0.39, 0.29) is 22.3 Å². The van der Waals surface area contributed by atoms with Gasteiger partial charge in [-0.15, -0.1) is 0 Å². The predicted molar refractivity (Wildman–Crippen MR) is 113 cm³/mol. The van der Waals surface area contributed by atoms with E-state index in [1.807, 2.05) is 53.4 Å². The lowest BCUT2D eigenvalue weighted by atomic mass is 10.1. The quantitative estimate of drug-likeness (QED) is 0.765. The fraction of sp³-hybridized carbons (Fsp3) is 0.318. The third kappa shape index (κ3) is 5.20. The van der Waals surface area contributed by atoms with Gasteiger partial charge < -0.3 is 14.4 Å². The highest BCUT2D eigenvalue weighted by molar-refractivity contribution is 8.15. The smallest absolute Gasteiger partial charge is 0.286 e. The molecular formula is C22H22N2O5S. The van der Waals surface area contributed by atoms with Gasteiger partial charge in [-0.2, -0.15) is 0 Å². The molecule has 0 bridgehead atoms. The second-order valence-corrected chi connectivity index (χ2v) is 8.32. The molecule has 3 amide bonds. The molecular weight excluding hydrogens is 404 g/mol. The minimum atomic E-state index is -0.378. The zero-order chi connectivity index (χ0) is 20.9. The molecule has 2 fully saturated rings. The lowest BCUT2D eigenvalue weighted by Crippen LogP contribution is -2.41. The Labute approximate surface area is 178 Å². The summed E-state index contributed by atoms with van der Waals surface area (Å²) in [7, 11) is 0. The van der Waals surface area contributed by atoms with Crippen LogP contribution < -0.4 is 10.1 Å². The van der Waals surface area contributed by atoms with Crippen molar-refractivity contribution in [2.45, 2.75) is 18.1 Å². The van der Waals surface area contributed by atoms with Gasteiger partial charge in [0.15, 0.2) is 0 Å². The molecule has 2 aromatic rings. The molecule has 2 aliphatic rings. The number of rotatable bonds is 6. The van der Waals surface area contributed by atoms with Crippen molar-refractivity contribution in [2.24, 2.45) is 0 Å². The van der Waals surface area contributed by atoms with Crippen molar-refractivity contribution in [1.82, 2.24) is 10.2 Å². The van der Waals surface area contributed by atoms with E-state index in [2.05, 4.69) is 5.32 Å². The van der Waals surface area contributed by atoms with Crippen molar-refractivity contribution < 1.29 is 23.9 Å². The van der Waals surface area contributed by atoms with Crippen molar-refractivity contribution >= 4 is 28.8 Å². The first-order chi connectivity index (χ1) is 14.6. The number of carbonyl (C=O) groups is 3. The Balaban J connectivity index is 1.30. The van der Waals surface area contributed by atoms with Crippen LogP contribution in [0.25, 0.3) is 0 Å². The third-order valence-electron chi connectivity index (χ3n) is 4.99. The van der Waals surface area contributed by atoms with Crippen LogP contribution in [0.3, 0.4) is 0 Å². The second kappa shape index (κ2) is 9.32. The van der Waals surface area contributed by atoms with Gasteiger partial charge in [-0.05, 0) is 41.8 Å². The Hall–Kier alpha value is -2.84. The van der Waals surface area contributed by atoms with Crippen molar-refractivity contribution in [3.63, 3.8) is 0 Å². The number of benzene rings is 2. The van der Waals surface area contributed by atoms with E-state index in [4.69, 9.17) is 9.47 Å². The first kappa shape index (κ1) is 20.4. The molecule has 0 aromatic heterocycles. The molecule has 2 heterocycles. The average Bonchev–Trinajstić information content (AvgIpc) is 3.08. The summed E-state index contributed by atoms with van der Waals surface area (Å²) in [6.45, 7) is 2.50. The number of carbonyl (C=O) groups excluding carboxylic acids is 3. The number of hydrogen-bond acceptors (Lipinski definition) is 6. The van der Waals surface area contributed by atoms with Gasteiger partial charge in [-0.3, -0.25) is 19.7 Å². The highest BCUT2D eigenvalue weighted by atomic mass is 32.2. The van der Waals surface area contributed by atoms with E-state index < -0.39 is 0 Å². The highest BCUT2D eigenvalue weighted by Crippen LogP contribution is 2.26. The van der Waals surface area contributed by atoms with E-state index in [1.165, 1.54) is 0 Å². The van der Waals surface area contributed by atoms with Crippen LogP contribution in [-0.2, 0) is 27.2 Å². The van der Waals surface area contributed by atoms with Crippen LogP contribution >= 0.6 is 11.8 Å². The maximum absolute atomic E-state index is 12.3. The Morgan fingerprint density at radius 2 is 1.60 bits per heavy atom. The molecule has 0 radical (unpaired) electrons. The van der Waals surface area contributed by atoms with Gasteiger partial charge in [0.05, 0.1) is 24.9 Å². The van der Waals surface area contributed by atoms with Crippen LogP contribution in [-0.4, -0.2) is 53.5 Å². The fourth-order valence-corrected chi connectivity index (χ4v) is 4.21. The van der Waals surface area contributed by atoms with Crippen molar-refractivity contribution in [1.29, 1.82) is 0 Å². The van der Waals surface area contributed by atoms with Gasteiger partial charge in [0.1, 0.15) is 11.5 Å².